The Hall–Kier alpha value is -0.960. The third kappa shape index (κ3) is 2.49. The maximum absolute atomic E-state index is 13.8. The Morgan fingerprint density at radius 3 is 2.47 bits per heavy atom. The van der Waals surface area contributed by atoms with Crippen LogP contribution in [-0.4, -0.2) is 6.54 Å². The fourth-order valence-electron chi connectivity index (χ4n) is 2.94. The molecule has 1 fully saturated rings. The average molecular weight is 239 g/mol. The molecule has 0 amide bonds. The molecule has 1 aromatic rings. The maximum atomic E-state index is 13.8. The van der Waals surface area contributed by atoms with E-state index in [1.807, 2.05) is 0 Å². The highest BCUT2D eigenvalue weighted by Crippen LogP contribution is 2.41. The molecule has 1 aliphatic rings. The molecule has 94 valence electrons. The first-order valence-corrected chi connectivity index (χ1v) is 6.27. The summed E-state index contributed by atoms with van der Waals surface area (Å²) >= 11 is 0. The predicted octanol–water partition coefficient (Wildman–Crippen LogP) is 3.44. The summed E-state index contributed by atoms with van der Waals surface area (Å²) in [6.45, 7) is 2.64. The first-order chi connectivity index (χ1) is 8.13. The van der Waals surface area contributed by atoms with Crippen molar-refractivity contribution in [1.29, 1.82) is 0 Å². The van der Waals surface area contributed by atoms with Gasteiger partial charge in [-0.05, 0) is 49.3 Å². The van der Waals surface area contributed by atoms with Crippen molar-refractivity contribution < 1.29 is 8.78 Å². The molecule has 0 radical (unpaired) electrons. The van der Waals surface area contributed by atoms with Crippen molar-refractivity contribution in [3.05, 3.63) is 35.4 Å². The molecule has 1 aromatic carbocycles. The summed E-state index contributed by atoms with van der Waals surface area (Å²) in [6.07, 6.45) is 2.91. The molecule has 1 aliphatic carbocycles. The zero-order chi connectivity index (χ0) is 12.4. The number of benzene rings is 1. The second-order valence-electron chi connectivity index (χ2n) is 5.16. The van der Waals surface area contributed by atoms with E-state index in [2.05, 4.69) is 6.92 Å². The van der Waals surface area contributed by atoms with Gasteiger partial charge in [-0.1, -0.05) is 19.4 Å². The summed E-state index contributed by atoms with van der Waals surface area (Å²) < 4.78 is 27.6. The molecular formula is C14H19F2N. The van der Waals surface area contributed by atoms with Crippen LogP contribution in [0.15, 0.2) is 18.2 Å². The summed E-state index contributed by atoms with van der Waals surface area (Å²) in [7, 11) is 0. The normalized spacial score (nSPS) is 29.3. The van der Waals surface area contributed by atoms with Crippen LogP contribution in [0.3, 0.4) is 0 Å². The second-order valence-corrected chi connectivity index (χ2v) is 5.16. The van der Waals surface area contributed by atoms with E-state index in [-0.39, 0.29) is 17.4 Å². The third-order valence-corrected chi connectivity index (χ3v) is 3.93. The molecule has 0 spiro atoms. The molecular weight excluding hydrogens is 220 g/mol. The van der Waals surface area contributed by atoms with E-state index < -0.39 is 11.6 Å². The minimum absolute atomic E-state index is 0.0649. The Balaban J connectivity index is 2.35. The minimum Gasteiger partial charge on any atom is -0.330 e. The number of nitrogens with two attached hydrogens (primary N) is 1. The van der Waals surface area contributed by atoms with Crippen LogP contribution in [0.25, 0.3) is 0 Å². The third-order valence-electron chi connectivity index (χ3n) is 3.93. The van der Waals surface area contributed by atoms with Crippen molar-refractivity contribution in [2.45, 2.75) is 32.1 Å². The van der Waals surface area contributed by atoms with Gasteiger partial charge < -0.3 is 5.73 Å². The lowest BCUT2D eigenvalue weighted by atomic mass is 9.71. The summed E-state index contributed by atoms with van der Waals surface area (Å²) in [5, 5.41) is 0. The lowest BCUT2D eigenvalue weighted by Gasteiger charge is -2.34. The smallest absolute Gasteiger partial charge is 0.129 e. The minimum atomic E-state index is -0.428. The quantitative estimate of drug-likeness (QED) is 0.840. The SMILES string of the molecule is CC1CCC(CN)C(c2c(F)cccc2F)C1. The molecule has 17 heavy (non-hydrogen) atoms. The molecule has 0 bridgehead atoms. The Morgan fingerprint density at radius 1 is 1.24 bits per heavy atom. The van der Waals surface area contributed by atoms with E-state index in [0.29, 0.717) is 12.5 Å². The van der Waals surface area contributed by atoms with Crippen LogP contribution in [0.5, 0.6) is 0 Å². The van der Waals surface area contributed by atoms with Crippen molar-refractivity contribution in [2.75, 3.05) is 6.54 Å². The standard InChI is InChI=1S/C14H19F2N/c1-9-5-6-10(8-17)11(7-9)14-12(15)3-2-4-13(14)16/h2-4,9-11H,5-8,17H2,1H3. The van der Waals surface area contributed by atoms with Gasteiger partial charge in [-0.3, -0.25) is 0 Å². The molecule has 1 saturated carbocycles. The van der Waals surface area contributed by atoms with Gasteiger partial charge in [-0.15, -0.1) is 0 Å². The lowest BCUT2D eigenvalue weighted by Crippen LogP contribution is -2.29. The molecule has 0 heterocycles. The Labute approximate surface area is 101 Å². The van der Waals surface area contributed by atoms with Gasteiger partial charge in [0.1, 0.15) is 11.6 Å². The van der Waals surface area contributed by atoms with Gasteiger partial charge in [-0.25, -0.2) is 8.78 Å². The predicted molar refractivity (Wildman–Crippen MR) is 64.7 cm³/mol. The molecule has 1 nitrogen and oxygen atoms in total. The van der Waals surface area contributed by atoms with E-state index in [0.717, 1.165) is 19.3 Å². The van der Waals surface area contributed by atoms with Crippen LogP contribution in [0.2, 0.25) is 0 Å². The summed E-state index contributed by atoms with van der Waals surface area (Å²) in [5.74, 6) is -0.200. The molecule has 0 saturated heterocycles. The average Bonchev–Trinajstić information content (AvgIpc) is 2.29. The van der Waals surface area contributed by atoms with Crippen LogP contribution in [0.1, 0.15) is 37.7 Å². The van der Waals surface area contributed by atoms with Gasteiger partial charge in [0, 0.05) is 5.56 Å². The van der Waals surface area contributed by atoms with Gasteiger partial charge in [-0.2, -0.15) is 0 Å². The van der Waals surface area contributed by atoms with E-state index in [1.54, 1.807) is 0 Å². The fraction of sp³-hybridized carbons (Fsp3) is 0.571. The number of hydrogen-bond donors (Lipinski definition) is 1. The molecule has 0 aromatic heterocycles. The van der Waals surface area contributed by atoms with Crippen molar-refractivity contribution in [3.8, 4) is 0 Å². The molecule has 2 N–H and O–H groups in total. The highest BCUT2D eigenvalue weighted by Gasteiger charge is 2.32. The van der Waals surface area contributed by atoms with Gasteiger partial charge in [0.25, 0.3) is 0 Å². The lowest BCUT2D eigenvalue weighted by molar-refractivity contribution is 0.244. The molecule has 2 rings (SSSR count). The summed E-state index contributed by atoms with van der Waals surface area (Å²) in [4.78, 5) is 0. The topological polar surface area (TPSA) is 26.0 Å². The van der Waals surface area contributed by atoms with Crippen molar-refractivity contribution in [2.24, 2.45) is 17.6 Å². The number of rotatable bonds is 2. The number of hydrogen-bond acceptors (Lipinski definition) is 1. The van der Waals surface area contributed by atoms with E-state index in [9.17, 15) is 8.78 Å². The highest BCUT2D eigenvalue weighted by molar-refractivity contribution is 5.25. The zero-order valence-electron chi connectivity index (χ0n) is 10.1. The van der Waals surface area contributed by atoms with Crippen molar-refractivity contribution in [3.63, 3.8) is 0 Å². The first kappa shape index (κ1) is 12.5. The summed E-state index contributed by atoms with van der Waals surface area (Å²) in [5.41, 5.74) is 5.98. The molecule has 3 unspecified atom stereocenters. The zero-order valence-corrected chi connectivity index (χ0v) is 10.1. The van der Waals surface area contributed by atoms with Crippen LogP contribution in [0, 0.1) is 23.5 Å². The van der Waals surface area contributed by atoms with Crippen molar-refractivity contribution in [1.82, 2.24) is 0 Å². The van der Waals surface area contributed by atoms with Gasteiger partial charge >= 0.3 is 0 Å². The maximum Gasteiger partial charge on any atom is 0.129 e. The Morgan fingerprint density at radius 2 is 1.88 bits per heavy atom. The monoisotopic (exact) mass is 239 g/mol. The van der Waals surface area contributed by atoms with Crippen molar-refractivity contribution >= 4 is 0 Å². The molecule has 3 atom stereocenters. The fourth-order valence-corrected chi connectivity index (χ4v) is 2.94. The van der Waals surface area contributed by atoms with Gasteiger partial charge in [0.05, 0.1) is 0 Å². The second kappa shape index (κ2) is 5.13. The van der Waals surface area contributed by atoms with Gasteiger partial charge in [0.15, 0.2) is 0 Å². The van der Waals surface area contributed by atoms with E-state index in [4.69, 9.17) is 5.73 Å². The highest BCUT2D eigenvalue weighted by atomic mass is 19.1. The largest absolute Gasteiger partial charge is 0.330 e. The van der Waals surface area contributed by atoms with Crippen LogP contribution >= 0.6 is 0 Å². The van der Waals surface area contributed by atoms with Crippen LogP contribution < -0.4 is 5.73 Å². The van der Waals surface area contributed by atoms with Gasteiger partial charge in [0.2, 0.25) is 0 Å². The first-order valence-electron chi connectivity index (χ1n) is 6.27. The Bertz CT molecular complexity index is 372. The van der Waals surface area contributed by atoms with Crippen LogP contribution in [-0.2, 0) is 0 Å². The number of halogens is 2. The van der Waals surface area contributed by atoms with Crippen LogP contribution in [0.4, 0.5) is 8.78 Å². The van der Waals surface area contributed by atoms with E-state index >= 15 is 0 Å². The Kier molecular flexibility index (Phi) is 3.77. The summed E-state index contributed by atoms with van der Waals surface area (Å²) in [6, 6.07) is 4.09. The molecule has 3 heteroatoms. The molecule has 0 aliphatic heterocycles. The van der Waals surface area contributed by atoms with E-state index in [1.165, 1.54) is 18.2 Å².